The van der Waals surface area contributed by atoms with Crippen molar-refractivity contribution in [2.24, 2.45) is 5.92 Å². The normalized spacial score (nSPS) is 11.7. The van der Waals surface area contributed by atoms with Gasteiger partial charge < -0.3 is 10.1 Å². The fourth-order valence-electron chi connectivity index (χ4n) is 2.97. The first-order valence-corrected chi connectivity index (χ1v) is 9.35. The Morgan fingerprint density at radius 3 is 2.55 bits per heavy atom. The standard InChI is InChI=1S/C22H22FN3O3/c1-2-29-22(28)17(12-16-6-4-3-5-7-16)13-25-21(27)20-14-24-15-26(20)19-10-8-18(23)9-11-19/h3-11,14-15,17H,2,12-13H2,1H3,(H,25,27). The SMILES string of the molecule is CCOC(=O)C(CNC(=O)c1cncn1-c1ccc(F)cc1)Cc1ccccc1. The molecule has 1 unspecified atom stereocenters. The van der Waals surface area contributed by atoms with Crippen LogP contribution in [0.25, 0.3) is 5.69 Å². The number of hydrogen-bond acceptors (Lipinski definition) is 4. The van der Waals surface area contributed by atoms with Gasteiger partial charge in [-0.3, -0.25) is 14.2 Å². The van der Waals surface area contributed by atoms with E-state index in [0.29, 0.717) is 17.8 Å². The molecular formula is C22H22FN3O3. The van der Waals surface area contributed by atoms with Crippen LogP contribution < -0.4 is 5.32 Å². The Hall–Kier alpha value is -3.48. The highest BCUT2D eigenvalue weighted by atomic mass is 19.1. The summed E-state index contributed by atoms with van der Waals surface area (Å²) < 4.78 is 19.9. The molecule has 3 rings (SSSR count). The zero-order valence-electron chi connectivity index (χ0n) is 16.0. The zero-order chi connectivity index (χ0) is 20.6. The Morgan fingerprint density at radius 1 is 1.14 bits per heavy atom. The molecule has 1 amide bonds. The van der Waals surface area contributed by atoms with Gasteiger partial charge in [-0.1, -0.05) is 30.3 Å². The number of benzene rings is 2. The van der Waals surface area contributed by atoms with E-state index in [4.69, 9.17) is 4.74 Å². The maximum absolute atomic E-state index is 13.2. The van der Waals surface area contributed by atoms with Crippen LogP contribution in [0.4, 0.5) is 4.39 Å². The molecule has 6 nitrogen and oxygen atoms in total. The van der Waals surface area contributed by atoms with E-state index >= 15 is 0 Å². The van der Waals surface area contributed by atoms with Crippen LogP contribution in [0.3, 0.4) is 0 Å². The Morgan fingerprint density at radius 2 is 1.86 bits per heavy atom. The Balaban J connectivity index is 1.71. The van der Waals surface area contributed by atoms with Crippen molar-refractivity contribution in [3.63, 3.8) is 0 Å². The van der Waals surface area contributed by atoms with Gasteiger partial charge in [-0.05, 0) is 43.2 Å². The van der Waals surface area contributed by atoms with Gasteiger partial charge in [0.2, 0.25) is 0 Å². The van der Waals surface area contributed by atoms with Gasteiger partial charge in [0.05, 0.1) is 25.0 Å². The summed E-state index contributed by atoms with van der Waals surface area (Å²) in [7, 11) is 0. The van der Waals surface area contributed by atoms with Gasteiger partial charge in [0, 0.05) is 12.2 Å². The predicted octanol–water partition coefficient (Wildman–Crippen LogP) is 3.16. The number of carbonyl (C=O) groups is 2. The second kappa shape index (κ2) is 9.64. The van der Waals surface area contributed by atoms with Crippen LogP contribution in [0, 0.1) is 11.7 Å². The van der Waals surface area contributed by atoms with Crippen molar-refractivity contribution < 1.29 is 18.7 Å². The predicted molar refractivity (Wildman–Crippen MR) is 106 cm³/mol. The summed E-state index contributed by atoms with van der Waals surface area (Å²) in [4.78, 5) is 29.1. The zero-order valence-corrected chi connectivity index (χ0v) is 16.0. The number of amides is 1. The molecular weight excluding hydrogens is 373 g/mol. The molecule has 1 atom stereocenters. The van der Waals surface area contributed by atoms with Crippen molar-refractivity contribution >= 4 is 11.9 Å². The highest BCUT2D eigenvalue weighted by Crippen LogP contribution is 2.14. The quantitative estimate of drug-likeness (QED) is 0.595. The largest absolute Gasteiger partial charge is 0.466 e. The minimum Gasteiger partial charge on any atom is -0.466 e. The maximum Gasteiger partial charge on any atom is 0.311 e. The molecule has 1 heterocycles. The van der Waals surface area contributed by atoms with Gasteiger partial charge in [0.15, 0.2) is 0 Å². The summed E-state index contributed by atoms with van der Waals surface area (Å²) in [6.45, 7) is 2.15. The van der Waals surface area contributed by atoms with Crippen molar-refractivity contribution in [3.8, 4) is 5.69 Å². The van der Waals surface area contributed by atoms with Crippen molar-refractivity contribution in [2.45, 2.75) is 13.3 Å². The van der Waals surface area contributed by atoms with Crippen molar-refractivity contribution in [3.05, 3.63) is 84.2 Å². The molecule has 29 heavy (non-hydrogen) atoms. The van der Waals surface area contributed by atoms with E-state index in [0.717, 1.165) is 5.56 Å². The van der Waals surface area contributed by atoms with Gasteiger partial charge in [-0.25, -0.2) is 9.37 Å². The number of ether oxygens (including phenoxy) is 1. The van der Waals surface area contributed by atoms with Crippen LogP contribution in [0.2, 0.25) is 0 Å². The van der Waals surface area contributed by atoms with Crippen molar-refractivity contribution in [1.29, 1.82) is 0 Å². The van der Waals surface area contributed by atoms with Gasteiger partial charge in [-0.2, -0.15) is 0 Å². The van der Waals surface area contributed by atoms with Crippen LogP contribution in [0.5, 0.6) is 0 Å². The second-order valence-corrected chi connectivity index (χ2v) is 6.47. The number of carbonyl (C=O) groups excluding carboxylic acids is 2. The topological polar surface area (TPSA) is 73.2 Å². The Bertz CT molecular complexity index is 955. The number of hydrogen-bond donors (Lipinski definition) is 1. The average molecular weight is 395 g/mol. The van der Waals surface area contributed by atoms with Crippen LogP contribution >= 0.6 is 0 Å². The van der Waals surface area contributed by atoms with E-state index < -0.39 is 5.92 Å². The number of aromatic nitrogens is 2. The molecule has 1 N–H and O–H groups in total. The second-order valence-electron chi connectivity index (χ2n) is 6.47. The van der Waals surface area contributed by atoms with E-state index in [1.807, 2.05) is 30.3 Å². The van der Waals surface area contributed by atoms with E-state index in [1.54, 1.807) is 23.6 Å². The Labute approximate surface area is 168 Å². The van der Waals surface area contributed by atoms with Crippen molar-refractivity contribution in [1.82, 2.24) is 14.9 Å². The van der Waals surface area contributed by atoms with Crippen LogP contribution in [0.1, 0.15) is 23.0 Å². The molecule has 0 fully saturated rings. The molecule has 150 valence electrons. The molecule has 7 heteroatoms. The molecule has 0 saturated carbocycles. The van der Waals surface area contributed by atoms with Crippen LogP contribution in [0.15, 0.2) is 67.1 Å². The lowest BCUT2D eigenvalue weighted by atomic mass is 9.99. The summed E-state index contributed by atoms with van der Waals surface area (Å²) in [5, 5.41) is 2.79. The summed E-state index contributed by atoms with van der Waals surface area (Å²) in [5.41, 5.74) is 1.88. The first-order chi connectivity index (χ1) is 14.1. The van der Waals surface area contributed by atoms with Gasteiger partial charge in [0.1, 0.15) is 11.5 Å². The first kappa shape index (κ1) is 20.3. The number of rotatable bonds is 8. The molecule has 0 radical (unpaired) electrons. The molecule has 0 aliphatic carbocycles. The molecule has 3 aromatic rings. The number of imidazole rings is 1. The fraction of sp³-hybridized carbons (Fsp3) is 0.227. The molecule has 1 aromatic heterocycles. The minimum absolute atomic E-state index is 0.126. The van der Waals surface area contributed by atoms with E-state index in [-0.39, 0.29) is 30.8 Å². The third-order valence-corrected chi connectivity index (χ3v) is 4.43. The highest BCUT2D eigenvalue weighted by Gasteiger charge is 2.22. The third kappa shape index (κ3) is 5.28. The van der Waals surface area contributed by atoms with Crippen LogP contribution in [-0.2, 0) is 16.0 Å². The molecule has 0 bridgehead atoms. The van der Waals surface area contributed by atoms with Crippen molar-refractivity contribution in [2.75, 3.05) is 13.2 Å². The summed E-state index contributed by atoms with van der Waals surface area (Å²) in [6.07, 6.45) is 3.36. The van der Waals surface area contributed by atoms with Gasteiger partial charge in [-0.15, -0.1) is 0 Å². The van der Waals surface area contributed by atoms with E-state index in [2.05, 4.69) is 10.3 Å². The summed E-state index contributed by atoms with van der Waals surface area (Å²) in [5.74, 6) is -1.61. The lowest BCUT2D eigenvalue weighted by Crippen LogP contribution is -2.35. The average Bonchev–Trinajstić information content (AvgIpc) is 3.22. The monoisotopic (exact) mass is 395 g/mol. The maximum atomic E-state index is 13.2. The van der Waals surface area contributed by atoms with Gasteiger partial charge >= 0.3 is 5.97 Å². The lowest BCUT2D eigenvalue weighted by Gasteiger charge is -2.17. The van der Waals surface area contributed by atoms with Gasteiger partial charge in [0.25, 0.3) is 5.91 Å². The molecule has 0 aliphatic rings. The number of nitrogens with zero attached hydrogens (tertiary/aromatic N) is 2. The van der Waals surface area contributed by atoms with E-state index in [1.165, 1.54) is 24.7 Å². The summed E-state index contributed by atoms with van der Waals surface area (Å²) >= 11 is 0. The smallest absolute Gasteiger partial charge is 0.311 e. The minimum atomic E-state index is -0.511. The number of nitrogens with one attached hydrogen (secondary N) is 1. The fourth-order valence-corrected chi connectivity index (χ4v) is 2.97. The molecule has 0 aliphatic heterocycles. The molecule has 0 saturated heterocycles. The number of halogens is 1. The number of esters is 1. The Kier molecular flexibility index (Phi) is 6.73. The van der Waals surface area contributed by atoms with Crippen LogP contribution in [-0.4, -0.2) is 34.6 Å². The summed E-state index contributed by atoms with van der Waals surface area (Å²) in [6, 6.07) is 15.3. The highest BCUT2D eigenvalue weighted by molar-refractivity contribution is 5.93. The first-order valence-electron chi connectivity index (χ1n) is 9.35. The molecule has 2 aromatic carbocycles. The third-order valence-electron chi connectivity index (χ3n) is 4.43. The molecule has 0 spiro atoms. The lowest BCUT2D eigenvalue weighted by molar-refractivity contribution is -0.147. The van der Waals surface area contributed by atoms with E-state index in [9.17, 15) is 14.0 Å².